The van der Waals surface area contributed by atoms with E-state index in [-0.39, 0.29) is 13.0 Å². The Labute approximate surface area is 123 Å². The molecule has 0 aliphatic carbocycles. The maximum Gasteiger partial charge on any atom is 0.422 e. The van der Waals surface area contributed by atoms with E-state index >= 15 is 0 Å². The maximum absolute atomic E-state index is 11.8. The number of esters is 2. The van der Waals surface area contributed by atoms with Crippen molar-refractivity contribution in [2.75, 3.05) is 13.2 Å². The molecule has 0 amide bonds. The van der Waals surface area contributed by atoms with Crippen molar-refractivity contribution in [3.8, 4) is 0 Å². The molecule has 0 fully saturated rings. The smallest absolute Gasteiger partial charge is 0.422 e. The van der Waals surface area contributed by atoms with Crippen LogP contribution in [0, 0.1) is 0 Å². The summed E-state index contributed by atoms with van der Waals surface area (Å²) < 4.78 is 44.1. The van der Waals surface area contributed by atoms with Crippen LogP contribution in [0.15, 0.2) is 0 Å². The number of rotatable bonds is 11. The zero-order valence-electron chi connectivity index (χ0n) is 12.3. The van der Waals surface area contributed by atoms with Gasteiger partial charge in [0.1, 0.15) is 0 Å². The standard InChI is InChI=1S/C14H23F3O4/c1-2-3-4-5-6-7-10-20-12(18)8-9-13(19)21-11-14(15,16)17/h2-11H2,1H3. The number of hydrogen-bond donors (Lipinski definition) is 0. The number of alkyl halides is 3. The van der Waals surface area contributed by atoms with Gasteiger partial charge < -0.3 is 9.47 Å². The summed E-state index contributed by atoms with van der Waals surface area (Å²) in [5.41, 5.74) is 0. The van der Waals surface area contributed by atoms with Gasteiger partial charge in [-0.2, -0.15) is 13.2 Å². The van der Waals surface area contributed by atoms with Crippen molar-refractivity contribution in [1.82, 2.24) is 0 Å². The fourth-order valence-corrected chi connectivity index (χ4v) is 1.58. The van der Waals surface area contributed by atoms with Crippen LogP contribution in [0.25, 0.3) is 0 Å². The molecule has 0 unspecified atom stereocenters. The van der Waals surface area contributed by atoms with Crippen molar-refractivity contribution in [2.24, 2.45) is 0 Å². The van der Waals surface area contributed by atoms with Crippen molar-refractivity contribution in [3.05, 3.63) is 0 Å². The van der Waals surface area contributed by atoms with E-state index < -0.39 is 31.1 Å². The van der Waals surface area contributed by atoms with E-state index in [2.05, 4.69) is 11.7 Å². The van der Waals surface area contributed by atoms with Crippen LogP contribution in [0.4, 0.5) is 13.2 Å². The van der Waals surface area contributed by atoms with Gasteiger partial charge in [-0.15, -0.1) is 0 Å². The second-order valence-electron chi connectivity index (χ2n) is 4.76. The van der Waals surface area contributed by atoms with Crippen LogP contribution in [-0.4, -0.2) is 31.3 Å². The van der Waals surface area contributed by atoms with E-state index in [0.717, 1.165) is 25.7 Å². The molecule has 0 saturated carbocycles. The minimum absolute atomic E-state index is 0.257. The Morgan fingerprint density at radius 3 is 1.95 bits per heavy atom. The SMILES string of the molecule is CCCCCCCCOC(=O)CCC(=O)OCC(F)(F)F. The van der Waals surface area contributed by atoms with Gasteiger partial charge in [0, 0.05) is 0 Å². The second-order valence-corrected chi connectivity index (χ2v) is 4.76. The Bertz CT molecular complexity index is 303. The normalized spacial score (nSPS) is 11.2. The largest absolute Gasteiger partial charge is 0.466 e. The molecule has 21 heavy (non-hydrogen) atoms. The van der Waals surface area contributed by atoms with E-state index in [1.807, 2.05) is 0 Å². The summed E-state index contributed by atoms with van der Waals surface area (Å²) in [4.78, 5) is 22.2. The van der Waals surface area contributed by atoms with Crippen LogP contribution < -0.4 is 0 Å². The lowest BCUT2D eigenvalue weighted by atomic mass is 10.1. The number of ether oxygens (including phenoxy) is 2. The summed E-state index contributed by atoms with van der Waals surface area (Å²) in [5, 5.41) is 0. The third-order valence-corrected chi connectivity index (χ3v) is 2.69. The van der Waals surface area contributed by atoms with Crippen molar-refractivity contribution in [1.29, 1.82) is 0 Å². The molecule has 0 spiro atoms. The fraction of sp³-hybridized carbons (Fsp3) is 0.857. The molecule has 124 valence electrons. The van der Waals surface area contributed by atoms with Crippen molar-refractivity contribution in [3.63, 3.8) is 0 Å². The summed E-state index contributed by atoms with van der Waals surface area (Å²) in [6.07, 6.45) is 1.14. The number of carbonyl (C=O) groups excluding carboxylic acids is 2. The lowest BCUT2D eigenvalue weighted by Crippen LogP contribution is -2.20. The monoisotopic (exact) mass is 312 g/mol. The third-order valence-electron chi connectivity index (χ3n) is 2.69. The molecule has 0 heterocycles. The van der Waals surface area contributed by atoms with Gasteiger partial charge in [0.05, 0.1) is 19.4 Å². The van der Waals surface area contributed by atoms with Crippen LogP contribution in [0.2, 0.25) is 0 Å². The van der Waals surface area contributed by atoms with Crippen LogP contribution >= 0.6 is 0 Å². The lowest BCUT2D eigenvalue weighted by Gasteiger charge is -2.07. The summed E-state index contributed by atoms with van der Waals surface area (Å²) >= 11 is 0. The molecule has 0 rings (SSSR count). The predicted octanol–water partition coefficient (Wildman–Crippen LogP) is 3.78. The zero-order valence-corrected chi connectivity index (χ0v) is 12.3. The Morgan fingerprint density at radius 1 is 0.857 bits per heavy atom. The highest BCUT2D eigenvalue weighted by atomic mass is 19.4. The molecule has 0 atom stereocenters. The highest BCUT2D eigenvalue weighted by Gasteiger charge is 2.29. The topological polar surface area (TPSA) is 52.6 Å². The predicted molar refractivity (Wildman–Crippen MR) is 70.6 cm³/mol. The first-order chi connectivity index (χ1) is 9.85. The zero-order chi connectivity index (χ0) is 16.1. The van der Waals surface area contributed by atoms with Crippen LogP contribution in [0.3, 0.4) is 0 Å². The molecule has 0 radical (unpaired) electrons. The third kappa shape index (κ3) is 14.9. The average Bonchev–Trinajstić information content (AvgIpc) is 2.41. The van der Waals surface area contributed by atoms with Crippen LogP contribution in [0.1, 0.15) is 58.3 Å². The van der Waals surface area contributed by atoms with E-state index in [4.69, 9.17) is 4.74 Å². The summed E-state index contributed by atoms with van der Waals surface area (Å²) in [7, 11) is 0. The molecule has 4 nitrogen and oxygen atoms in total. The van der Waals surface area contributed by atoms with Crippen molar-refractivity contribution >= 4 is 11.9 Å². The summed E-state index contributed by atoms with van der Waals surface area (Å²) in [6.45, 7) is 0.780. The number of hydrogen-bond acceptors (Lipinski definition) is 4. The van der Waals surface area contributed by atoms with Gasteiger partial charge in [-0.25, -0.2) is 0 Å². The molecule has 0 bridgehead atoms. The molecule has 0 aromatic carbocycles. The van der Waals surface area contributed by atoms with Gasteiger partial charge in [-0.3, -0.25) is 9.59 Å². The van der Waals surface area contributed by atoms with Crippen LogP contribution in [-0.2, 0) is 19.1 Å². The second kappa shape index (κ2) is 11.4. The highest BCUT2D eigenvalue weighted by molar-refractivity contribution is 5.77. The van der Waals surface area contributed by atoms with Gasteiger partial charge in [0.2, 0.25) is 0 Å². The van der Waals surface area contributed by atoms with E-state index in [1.54, 1.807) is 0 Å². The highest BCUT2D eigenvalue weighted by Crippen LogP contribution is 2.15. The molecule has 0 N–H and O–H groups in total. The average molecular weight is 312 g/mol. The Morgan fingerprint density at radius 2 is 1.38 bits per heavy atom. The molecule has 0 aromatic rings. The molecular formula is C14H23F3O4. The van der Waals surface area contributed by atoms with Crippen LogP contribution in [0.5, 0.6) is 0 Å². The molecular weight excluding hydrogens is 289 g/mol. The van der Waals surface area contributed by atoms with E-state index in [1.165, 1.54) is 12.8 Å². The molecule has 0 aliphatic rings. The number of carbonyl (C=O) groups is 2. The molecule has 0 aliphatic heterocycles. The maximum atomic E-state index is 11.8. The first-order valence-electron chi connectivity index (χ1n) is 7.23. The molecule has 0 aromatic heterocycles. The lowest BCUT2D eigenvalue weighted by molar-refractivity contribution is -0.186. The van der Waals surface area contributed by atoms with Gasteiger partial charge in [0.15, 0.2) is 6.61 Å². The number of halogens is 3. The molecule has 7 heteroatoms. The fourth-order valence-electron chi connectivity index (χ4n) is 1.58. The van der Waals surface area contributed by atoms with Gasteiger partial charge in [0.25, 0.3) is 0 Å². The minimum Gasteiger partial charge on any atom is -0.466 e. The van der Waals surface area contributed by atoms with Gasteiger partial charge in [-0.1, -0.05) is 39.0 Å². The minimum atomic E-state index is -4.55. The van der Waals surface area contributed by atoms with Gasteiger partial charge >= 0.3 is 18.1 Å². The number of unbranched alkanes of at least 4 members (excludes halogenated alkanes) is 5. The van der Waals surface area contributed by atoms with E-state index in [0.29, 0.717) is 0 Å². The summed E-state index contributed by atoms with van der Waals surface area (Å²) in [5.74, 6) is -1.64. The van der Waals surface area contributed by atoms with E-state index in [9.17, 15) is 22.8 Å². The van der Waals surface area contributed by atoms with Crippen molar-refractivity contribution < 1.29 is 32.2 Å². The van der Waals surface area contributed by atoms with Crippen molar-refractivity contribution in [2.45, 2.75) is 64.5 Å². The van der Waals surface area contributed by atoms with Gasteiger partial charge in [-0.05, 0) is 6.42 Å². The first-order valence-corrected chi connectivity index (χ1v) is 7.23. The Balaban J connectivity index is 3.47. The first kappa shape index (κ1) is 19.7. The Kier molecular flexibility index (Phi) is 10.7. The quantitative estimate of drug-likeness (QED) is 0.430. The Hall–Kier alpha value is -1.27. The molecule has 0 saturated heterocycles. The summed E-state index contributed by atoms with van der Waals surface area (Å²) in [6, 6.07) is 0.